The Labute approximate surface area is 166 Å². The van der Waals surface area contributed by atoms with Crippen molar-refractivity contribution in [1.29, 1.82) is 0 Å². The van der Waals surface area contributed by atoms with Crippen LogP contribution < -0.4 is 5.32 Å². The normalized spacial score (nSPS) is 21.5. The molecule has 4 rings (SSSR count). The number of aryl methyl sites for hydroxylation is 2. The minimum atomic E-state index is 0.515. The Balaban J connectivity index is 1.33. The van der Waals surface area contributed by atoms with Crippen molar-refractivity contribution in [1.82, 2.24) is 19.9 Å². The number of rotatable bonds is 5. The van der Waals surface area contributed by atoms with Gasteiger partial charge in [0.05, 0.1) is 17.6 Å². The lowest BCUT2D eigenvalue weighted by Crippen LogP contribution is -2.37. The number of anilines is 2. The van der Waals surface area contributed by atoms with Crippen molar-refractivity contribution in [2.75, 3.05) is 25.0 Å². The summed E-state index contributed by atoms with van der Waals surface area (Å²) in [5.74, 6) is 2.17. The molecule has 2 aromatic heterocycles. The number of thiazole rings is 1. The third-order valence-corrected chi connectivity index (χ3v) is 6.80. The van der Waals surface area contributed by atoms with E-state index >= 15 is 0 Å². The molecule has 27 heavy (non-hydrogen) atoms. The van der Waals surface area contributed by atoms with Crippen molar-refractivity contribution >= 4 is 22.3 Å². The van der Waals surface area contributed by atoms with E-state index in [9.17, 15) is 0 Å². The summed E-state index contributed by atoms with van der Waals surface area (Å²) < 4.78 is 0. The van der Waals surface area contributed by atoms with Crippen LogP contribution in [0.25, 0.3) is 0 Å². The van der Waals surface area contributed by atoms with Crippen LogP contribution in [0.4, 0.5) is 10.9 Å². The maximum atomic E-state index is 4.84. The predicted molar refractivity (Wildman–Crippen MR) is 112 cm³/mol. The summed E-state index contributed by atoms with van der Waals surface area (Å²) in [6.07, 6.45) is 14.6. The van der Waals surface area contributed by atoms with E-state index in [1.807, 2.05) is 13.1 Å². The summed E-state index contributed by atoms with van der Waals surface area (Å²) in [5, 5.41) is 4.22. The number of hydrogen-bond donors (Lipinski definition) is 1. The molecule has 1 aliphatic carbocycles. The van der Waals surface area contributed by atoms with Gasteiger partial charge < -0.3 is 10.2 Å². The zero-order valence-corrected chi connectivity index (χ0v) is 17.1. The highest BCUT2D eigenvalue weighted by atomic mass is 32.1. The van der Waals surface area contributed by atoms with Crippen LogP contribution >= 0.6 is 11.3 Å². The van der Waals surface area contributed by atoms with E-state index in [4.69, 9.17) is 4.98 Å². The molecule has 1 saturated heterocycles. The molecule has 2 aromatic rings. The molecule has 0 radical (unpaired) electrons. The smallest absolute Gasteiger partial charge is 0.188 e. The summed E-state index contributed by atoms with van der Waals surface area (Å²) in [4.78, 5) is 17.7. The molecular formula is C21H29N5S. The van der Waals surface area contributed by atoms with Crippen LogP contribution in [0.2, 0.25) is 0 Å². The second-order valence-corrected chi connectivity index (χ2v) is 9.04. The van der Waals surface area contributed by atoms with E-state index in [-0.39, 0.29) is 0 Å². The van der Waals surface area contributed by atoms with E-state index in [0.29, 0.717) is 5.92 Å². The van der Waals surface area contributed by atoms with Crippen LogP contribution in [0.3, 0.4) is 0 Å². The molecule has 1 aliphatic heterocycles. The van der Waals surface area contributed by atoms with Gasteiger partial charge in [-0.25, -0.2) is 9.97 Å². The van der Waals surface area contributed by atoms with Gasteiger partial charge >= 0.3 is 0 Å². The maximum Gasteiger partial charge on any atom is 0.188 e. The van der Waals surface area contributed by atoms with Crippen LogP contribution in [0.5, 0.6) is 0 Å². The Morgan fingerprint density at radius 3 is 2.67 bits per heavy atom. The average molecular weight is 384 g/mol. The molecule has 1 atom stereocenters. The van der Waals surface area contributed by atoms with E-state index < -0.39 is 0 Å². The highest BCUT2D eigenvalue weighted by Gasteiger charge is 2.24. The van der Waals surface area contributed by atoms with Crippen LogP contribution in [-0.2, 0) is 0 Å². The molecule has 1 fully saturated rings. The predicted octanol–water partition coefficient (Wildman–Crippen LogP) is 4.83. The van der Waals surface area contributed by atoms with E-state index in [1.54, 1.807) is 17.5 Å². The molecule has 0 spiro atoms. The molecule has 144 valence electrons. The fourth-order valence-electron chi connectivity index (χ4n) is 4.07. The molecule has 1 N–H and O–H groups in total. The van der Waals surface area contributed by atoms with Crippen molar-refractivity contribution in [3.63, 3.8) is 0 Å². The largest absolute Gasteiger partial charge is 0.315 e. The highest BCUT2D eigenvalue weighted by Crippen LogP contribution is 2.30. The van der Waals surface area contributed by atoms with Crippen molar-refractivity contribution in [3.05, 3.63) is 40.8 Å². The lowest BCUT2D eigenvalue weighted by Gasteiger charge is -2.34. The van der Waals surface area contributed by atoms with Gasteiger partial charge in [-0.1, -0.05) is 12.2 Å². The molecular weight excluding hydrogens is 354 g/mol. The number of hydrogen-bond acceptors (Lipinski definition) is 6. The third-order valence-electron chi connectivity index (χ3n) is 5.82. The quantitative estimate of drug-likeness (QED) is 0.750. The van der Waals surface area contributed by atoms with Gasteiger partial charge in [0.2, 0.25) is 0 Å². The van der Waals surface area contributed by atoms with Crippen molar-refractivity contribution in [2.45, 2.75) is 51.9 Å². The first-order valence-electron chi connectivity index (χ1n) is 10.1. The van der Waals surface area contributed by atoms with Crippen molar-refractivity contribution < 1.29 is 0 Å². The van der Waals surface area contributed by atoms with Gasteiger partial charge in [-0.15, -0.1) is 11.3 Å². The van der Waals surface area contributed by atoms with Gasteiger partial charge in [-0.2, -0.15) is 0 Å². The fraction of sp³-hybridized carbons (Fsp3) is 0.571. The second-order valence-electron chi connectivity index (χ2n) is 7.84. The number of likely N-dealkylation sites (tertiary alicyclic amines) is 1. The van der Waals surface area contributed by atoms with Crippen molar-refractivity contribution in [3.8, 4) is 0 Å². The number of nitrogens with one attached hydrogen (secondary N) is 1. The molecule has 6 heteroatoms. The van der Waals surface area contributed by atoms with Crippen LogP contribution in [0, 0.1) is 19.8 Å². The molecule has 0 saturated carbocycles. The minimum absolute atomic E-state index is 0.515. The zero-order chi connectivity index (χ0) is 18.6. The lowest BCUT2D eigenvalue weighted by atomic mass is 9.90. The Kier molecular flexibility index (Phi) is 5.83. The zero-order valence-electron chi connectivity index (χ0n) is 16.3. The van der Waals surface area contributed by atoms with E-state index in [0.717, 1.165) is 28.3 Å². The van der Waals surface area contributed by atoms with Gasteiger partial charge in [-0.3, -0.25) is 4.98 Å². The van der Waals surface area contributed by atoms with Gasteiger partial charge in [0.25, 0.3) is 0 Å². The number of nitrogens with zero attached hydrogens (tertiary/aromatic N) is 4. The van der Waals surface area contributed by atoms with Gasteiger partial charge in [0.1, 0.15) is 0 Å². The minimum Gasteiger partial charge on any atom is -0.315 e. The summed E-state index contributed by atoms with van der Waals surface area (Å²) >= 11 is 1.67. The van der Waals surface area contributed by atoms with Gasteiger partial charge in [0, 0.05) is 23.5 Å². The van der Waals surface area contributed by atoms with Gasteiger partial charge in [0.15, 0.2) is 10.9 Å². The molecule has 0 unspecified atom stereocenters. The topological polar surface area (TPSA) is 53.9 Å². The van der Waals surface area contributed by atoms with Gasteiger partial charge in [-0.05, 0) is 65.0 Å². The standard InChI is InChI=1S/C21H29N5S/c1-15-16(2)27-21(23-15)25-20-13-22-12-19(24-20)18-8-10-26(11-9-18)14-17-6-4-3-5-7-17/h3-4,12-13,17-18H,5-11,14H2,1-2H3,(H,23,24,25)/t17-/m0/s1. The first-order chi connectivity index (χ1) is 13.2. The molecule has 0 aromatic carbocycles. The summed E-state index contributed by atoms with van der Waals surface area (Å²) in [7, 11) is 0. The second kappa shape index (κ2) is 8.48. The number of aromatic nitrogens is 3. The number of piperidine rings is 1. The monoisotopic (exact) mass is 383 g/mol. The fourth-order valence-corrected chi connectivity index (χ4v) is 4.89. The Morgan fingerprint density at radius 2 is 1.96 bits per heavy atom. The molecule has 5 nitrogen and oxygen atoms in total. The summed E-state index contributed by atoms with van der Waals surface area (Å²) in [6.45, 7) is 7.74. The SMILES string of the molecule is Cc1nc(Nc2cncc(C3CCN(C[C@H]4CC=CCC4)CC3)n2)sc1C. The molecule has 0 amide bonds. The third kappa shape index (κ3) is 4.74. The average Bonchev–Trinajstić information content (AvgIpc) is 3.00. The molecule has 0 bridgehead atoms. The molecule has 2 aliphatic rings. The summed E-state index contributed by atoms with van der Waals surface area (Å²) in [5.41, 5.74) is 2.19. The Hall–Kier alpha value is -1.79. The van der Waals surface area contributed by atoms with Crippen LogP contribution in [-0.4, -0.2) is 39.5 Å². The molecule has 3 heterocycles. The van der Waals surface area contributed by atoms with E-state index in [2.05, 4.69) is 39.3 Å². The Morgan fingerprint density at radius 1 is 1.11 bits per heavy atom. The Bertz CT molecular complexity index is 772. The van der Waals surface area contributed by atoms with E-state index in [1.165, 1.54) is 56.6 Å². The maximum absolute atomic E-state index is 4.84. The number of allylic oxidation sites excluding steroid dienone is 2. The van der Waals surface area contributed by atoms with Crippen LogP contribution in [0.1, 0.15) is 54.3 Å². The summed E-state index contributed by atoms with van der Waals surface area (Å²) in [6, 6.07) is 0. The van der Waals surface area contributed by atoms with Crippen molar-refractivity contribution in [2.24, 2.45) is 5.92 Å². The first kappa shape index (κ1) is 18.6. The first-order valence-corrected chi connectivity index (χ1v) is 10.9. The highest BCUT2D eigenvalue weighted by molar-refractivity contribution is 7.15. The van der Waals surface area contributed by atoms with Crippen LogP contribution in [0.15, 0.2) is 24.5 Å². The lowest BCUT2D eigenvalue weighted by molar-refractivity contribution is 0.176.